The number of terminal acetylenes is 1. The minimum absolute atomic E-state index is 0.0515. The number of halogens is 1. The first-order valence-electron chi connectivity index (χ1n) is 5.80. The van der Waals surface area contributed by atoms with Gasteiger partial charge in [-0.3, -0.25) is 0 Å². The first-order chi connectivity index (χ1) is 10.0. The van der Waals surface area contributed by atoms with Crippen molar-refractivity contribution in [3.05, 3.63) is 38.7 Å². The predicted molar refractivity (Wildman–Crippen MR) is 78.9 cm³/mol. The van der Waals surface area contributed by atoms with E-state index in [1.165, 1.54) is 12.1 Å². The second-order valence-corrected chi connectivity index (χ2v) is 4.88. The average Bonchev–Trinajstić information content (AvgIpc) is 2.44. The zero-order valence-electron chi connectivity index (χ0n) is 10.7. The Kier molecular flexibility index (Phi) is 4.50. The zero-order valence-corrected chi connectivity index (χ0v) is 12.3. The fourth-order valence-corrected chi connectivity index (χ4v) is 2.02. The van der Waals surface area contributed by atoms with Gasteiger partial charge in [0.2, 0.25) is 0 Å². The molecule has 108 valence electrons. The summed E-state index contributed by atoms with van der Waals surface area (Å²) in [4.78, 5) is 22.8. The molecule has 2 rings (SSSR count). The summed E-state index contributed by atoms with van der Waals surface area (Å²) in [5.41, 5.74) is 0.0514. The van der Waals surface area contributed by atoms with E-state index in [4.69, 9.17) is 15.6 Å². The average molecular weight is 352 g/mol. The molecule has 0 saturated carbocycles. The van der Waals surface area contributed by atoms with E-state index in [-0.39, 0.29) is 24.5 Å². The Hall–Kier alpha value is -2.46. The first kappa shape index (κ1) is 14.9. The van der Waals surface area contributed by atoms with E-state index < -0.39 is 11.7 Å². The lowest BCUT2D eigenvalue weighted by atomic mass is 10.1. The van der Waals surface area contributed by atoms with Crippen LogP contribution in [0.3, 0.4) is 0 Å². The lowest BCUT2D eigenvalue weighted by Crippen LogP contribution is -2.24. The van der Waals surface area contributed by atoms with E-state index in [0.29, 0.717) is 15.4 Å². The molecule has 0 aliphatic rings. The van der Waals surface area contributed by atoms with E-state index in [1.54, 1.807) is 6.07 Å². The lowest BCUT2D eigenvalue weighted by molar-refractivity contribution is 0.141. The van der Waals surface area contributed by atoms with Gasteiger partial charge in [-0.2, -0.15) is 0 Å². The number of phenols is 1. The minimum Gasteiger partial charge on any atom is -0.507 e. The lowest BCUT2D eigenvalue weighted by Gasteiger charge is -2.08. The van der Waals surface area contributed by atoms with Crippen LogP contribution >= 0.6 is 15.9 Å². The third kappa shape index (κ3) is 3.55. The van der Waals surface area contributed by atoms with Gasteiger partial charge in [0, 0.05) is 23.1 Å². The number of rotatable bonds is 3. The zero-order chi connectivity index (χ0) is 15.4. The monoisotopic (exact) mass is 351 g/mol. The van der Waals surface area contributed by atoms with Crippen LogP contribution in [-0.4, -0.2) is 17.7 Å². The van der Waals surface area contributed by atoms with E-state index in [1.807, 2.05) is 0 Å². The third-order valence-electron chi connectivity index (χ3n) is 2.59. The Bertz CT molecular complexity index is 790. The summed E-state index contributed by atoms with van der Waals surface area (Å²) in [5, 5.41) is 12.5. The van der Waals surface area contributed by atoms with Gasteiger partial charge in [-0.25, -0.2) is 9.59 Å². The van der Waals surface area contributed by atoms with Crippen LogP contribution in [0.15, 0.2) is 31.9 Å². The molecule has 6 nitrogen and oxygen atoms in total. The highest BCUT2D eigenvalue weighted by Crippen LogP contribution is 2.30. The molecule has 1 aromatic heterocycles. The van der Waals surface area contributed by atoms with Gasteiger partial charge in [0.05, 0.1) is 11.0 Å². The van der Waals surface area contributed by atoms with Gasteiger partial charge in [0.25, 0.3) is 0 Å². The SMILES string of the molecule is C#CCNC(=O)OCc1cc(=O)oc2cc(O)c(Br)cc12. The van der Waals surface area contributed by atoms with Gasteiger partial charge in [0.15, 0.2) is 0 Å². The van der Waals surface area contributed by atoms with Crippen molar-refractivity contribution in [3.8, 4) is 18.1 Å². The van der Waals surface area contributed by atoms with Crippen LogP contribution in [0.1, 0.15) is 5.56 Å². The number of carbonyl (C=O) groups excluding carboxylic acids is 1. The van der Waals surface area contributed by atoms with Crippen molar-refractivity contribution in [3.63, 3.8) is 0 Å². The standard InChI is InChI=1S/C14H10BrNO5/c1-2-3-16-14(19)20-7-8-4-13(18)21-12-6-11(17)10(15)5-9(8)12/h1,4-6,17H,3,7H2,(H,16,19). The molecule has 0 radical (unpaired) electrons. The molecule has 2 aromatic rings. The summed E-state index contributed by atoms with van der Waals surface area (Å²) in [6, 6.07) is 4.11. The topological polar surface area (TPSA) is 88.8 Å². The van der Waals surface area contributed by atoms with Crippen LogP contribution < -0.4 is 10.9 Å². The van der Waals surface area contributed by atoms with Gasteiger partial charge >= 0.3 is 11.7 Å². The predicted octanol–water partition coefficient (Wildman–Crippen LogP) is 2.12. The van der Waals surface area contributed by atoms with E-state index in [2.05, 4.69) is 27.2 Å². The third-order valence-corrected chi connectivity index (χ3v) is 3.23. The molecule has 0 unspecified atom stereocenters. The smallest absolute Gasteiger partial charge is 0.408 e. The number of phenolic OH excluding ortho intramolecular Hbond substituents is 1. The molecule has 1 heterocycles. The molecule has 1 aromatic carbocycles. The van der Waals surface area contributed by atoms with Gasteiger partial charge in [0.1, 0.15) is 17.9 Å². The molecular formula is C14H10BrNO5. The number of fused-ring (bicyclic) bond motifs is 1. The Morgan fingerprint density at radius 3 is 2.95 bits per heavy atom. The molecule has 2 N–H and O–H groups in total. The minimum atomic E-state index is -0.688. The van der Waals surface area contributed by atoms with Crippen LogP contribution in [0.25, 0.3) is 11.0 Å². The molecule has 0 aliphatic carbocycles. The summed E-state index contributed by atoms with van der Waals surface area (Å²) in [7, 11) is 0. The van der Waals surface area contributed by atoms with Crippen molar-refractivity contribution in [2.45, 2.75) is 6.61 Å². The van der Waals surface area contributed by atoms with Crippen molar-refractivity contribution >= 4 is 33.0 Å². The number of amides is 1. The number of carbonyl (C=O) groups is 1. The van der Waals surface area contributed by atoms with Crippen molar-refractivity contribution in [2.75, 3.05) is 6.54 Å². The van der Waals surface area contributed by atoms with Crippen molar-refractivity contribution in [1.29, 1.82) is 0 Å². The van der Waals surface area contributed by atoms with Gasteiger partial charge in [-0.15, -0.1) is 6.42 Å². The van der Waals surface area contributed by atoms with Crippen LogP contribution in [0.2, 0.25) is 0 Å². The summed E-state index contributed by atoms with van der Waals surface area (Å²) < 4.78 is 10.4. The van der Waals surface area contributed by atoms with Crippen LogP contribution in [-0.2, 0) is 11.3 Å². The Morgan fingerprint density at radius 1 is 1.48 bits per heavy atom. The molecule has 0 fully saturated rings. The first-order valence-corrected chi connectivity index (χ1v) is 6.60. The molecule has 7 heteroatoms. The quantitative estimate of drug-likeness (QED) is 0.653. The van der Waals surface area contributed by atoms with Crippen LogP contribution in [0, 0.1) is 12.3 Å². The van der Waals surface area contributed by atoms with Crippen LogP contribution in [0.5, 0.6) is 5.75 Å². The van der Waals surface area contributed by atoms with Gasteiger partial charge in [-0.1, -0.05) is 5.92 Å². The number of hydrogen-bond donors (Lipinski definition) is 2. The van der Waals surface area contributed by atoms with E-state index in [9.17, 15) is 14.7 Å². The Labute approximate surface area is 127 Å². The number of ether oxygens (including phenoxy) is 1. The number of alkyl carbamates (subject to hydrolysis) is 1. The normalized spacial score (nSPS) is 10.1. The largest absolute Gasteiger partial charge is 0.507 e. The molecule has 0 atom stereocenters. The Morgan fingerprint density at radius 2 is 2.24 bits per heavy atom. The molecule has 21 heavy (non-hydrogen) atoms. The highest BCUT2D eigenvalue weighted by atomic mass is 79.9. The molecule has 0 saturated heterocycles. The van der Waals surface area contributed by atoms with Crippen molar-refractivity contribution < 1.29 is 19.1 Å². The maximum Gasteiger partial charge on any atom is 0.408 e. The number of benzene rings is 1. The summed E-state index contributed by atoms with van der Waals surface area (Å²) in [6.45, 7) is -0.0777. The van der Waals surface area contributed by atoms with E-state index in [0.717, 1.165) is 0 Å². The summed E-state index contributed by atoms with van der Waals surface area (Å²) in [6.07, 6.45) is 4.32. The summed E-state index contributed by atoms with van der Waals surface area (Å²) >= 11 is 3.17. The number of hydrogen-bond acceptors (Lipinski definition) is 5. The maximum absolute atomic E-state index is 11.5. The second kappa shape index (κ2) is 6.33. The van der Waals surface area contributed by atoms with Crippen molar-refractivity contribution in [1.82, 2.24) is 5.32 Å². The summed E-state index contributed by atoms with van der Waals surface area (Å²) in [5.74, 6) is 2.18. The fraction of sp³-hybridized carbons (Fsp3) is 0.143. The number of nitrogens with one attached hydrogen (secondary N) is 1. The fourth-order valence-electron chi connectivity index (χ4n) is 1.67. The van der Waals surface area contributed by atoms with E-state index >= 15 is 0 Å². The molecular weight excluding hydrogens is 342 g/mol. The highest BCUT2D eigenvalue weighted by molar-refractivity contribution is 9.10. The van der Waals surface area contributed by atoms with Crippen molar-refractivity contribution in [2.24, 2.45) is 0 Å². The maximum atomic E-state index is 11.5. The van der Waals surface area contributed by atoms with Gasteiger partial charge in [-0.05, 0) is 22.0 Å². The molecule has 0 spiro atoms. The second-order valence-electron chi connectivity index (χ2n) is 4.02. The molecule has 0 bridgehead atoms. The molecule has 1 amide bonds. The molecule has 0 aliphatic heterocycles. The van der Waals surface area contributed by atoms with Gasteiger partial charge < -0.3 is 19.6 Å². The van der Waals surface area contributed by atoms with Crippen LogP contribution in [0.4, 0.5) is 4.79 Å². The Balaban J connectivity index is 2.31. The number of aromatic hydroxyl groups is 1. The highest BCUT2D eigenvalue weighted by Gasteiger charge is 2.11.